The maximum Gasteiger partial charge on any atom is 0.328 e. The predicted octanol–water partition coefficient (Wildman–Crippen LogP) is 3.36. The number of aromatic amines is 1. The number of nitrogens with one attached hydrogen (secondary N) is 1. The third kappa shape index (κ3) is 4.80. The molecule has 0 spiro atoms. The Balaban J connectivity index is 1.23. The number of unbranched alkanes of at least 4 members (excludes halogenated alkanes) is 2. The Labute approximate surface area is 191 Å². The van der Waals surface area contributed by atoms with Crippen LogP contribution in [0.25, 0.3) is 10.2 Å². The van der Waals surface area contributed by atoms with Gasteiger partial charge in [-0.25, -0.2) is 4.79 Å². The Morgan fingerprint density at radius 1 is 1.16 bits per heavy atom. The fourth-order valence-electron chi connectivity index (χ4n) is 4.43. The van der Waals surface area contributed by atoms with Gasteiger partial charge in [-0.15, -0.1) is 11.3 Å². The number of benzene rings is 1. The molecule has 8 heteroatoms. The van der Waals surface area contributed by atoms with Crippen molar-refractivity contribution in [2.24, 2.45) is 0 Å². The summed E-state index contributed by atoms with van der Waals surface area (Å²) < 4.78 is 1.85. The van der Waals surface area contributed by atoms with E-state index in [1.165, 1.54) is 27.2 Å². The van der Waals surface area contributed by atoms with E-state index in [-0.39, 0.29) is 23.2 Å². The largest absolute Gasteiger partial charge is 0.365 e. The zero-order valence-electron chi connectivity index (χ0n) is 18.7. The van der Waals surface area contributed by atoms with Crippen molar-refractivity contribution in [1.82, 2.24) is 14.5 Å². The number of thiophene rings is 1. The molecule has 32 heavy (non-hydrogen) atoms. The highest BCUT2D eigenvalue weighted by Crippen LogP contribution is 2.22. The number of fused-ring (bicyclic) bond motifs is 1. The number of anilines is 1. The molecule has 0 aliphatic carbocycles. The fraction of sp³-hybridized carbons (Fsp3) is 0.458. The van der Waals surface area contributed by atoms with Gasteiger partial charge in [0.25, 0.3) is 5.56 Å². The lowest BCUT2D eigenvalue weighted by Crippen LogP contribution is -2.53. The Morgan fingerprint density at radius 2 is 2.00 bits per heavy atom. The number of aryl methyl sites for hydroxylation is 1. The van der Waals surface area contributed by atoms with Crippen LogP contribution in [0.2, 0.25) is 0 Å². The summed E-state index contributed by atoms with van der Waals surface area (Å²) in [5.41, 5.74) is 2.47. The van der Waals surface area contributed by atoms with Gasteiger partial charge in [0.2, 0.25) is 5.91 Å². The molecule has 4 rings (SSSR count). The molecule has 2 aromatic heterocycles. The van der Waals surface area contributed by atoms with Gasteiger partial charge in [-0.3, -0.25) is 14.2 Å². The first-order valence-electron chi connectivity index (χ1n) is 11.3. The highest BCUT2D eigenvalue weighted by Gasteiger charge is 2.26. The standard InChI is InChI=1S/C24H30N4O3S/c1-17-7-6-8-19(15-17)27-13-12-26(16-18(27)2)21(29)9-4-3-5-11-28-23(30)22-20(10-14-32-22)25-24(28)31/h6-8,10,14-15,18H,3-5,9,11-13,16H2,1-2H3,(H,25,31). The topological polar surface area (TPSA) is 78.4 Å². The van der Waals surface area contributed by atoms with Crippen LogP contribution in [0.3, 0.4) is 0 Å². The van der Waals surface area contributed by atoms with E-state index < -0.39 is 0 Å². The Bertz CT molecular complexity index is 1210. The monoisotopic (exact) mass is 454 g/mol. The molecule has 0 radical (unpaired) electrons. The number of piperazine rings is 1. The minimum atomic E-state index is -0.363. The molecule has 3 heterocycles. The summed E-state index contributed by atoms with van der Waals surface area (Å²) >= 11 is 1.34. The van der Waals surface area contributed by atoms with E-state index in [1.807, 2.05) is 4.90 Å². The van der Waals surface area contributed by atoms with Gasteiger partial charge in [-0.1, -0.05) is 18.6 Å². The molecule has 1 atom stereocenters. The molecule has 0 saturated carbocycles. The number of aromatic nitrogens is 2. The molecule has 1 unspecified atom stereocenters. The van der Waals surface area contributed by atoms with E-state index in [2.05, 4.69) is 48.0 Å². The third-order valence-electron chi connectivity index (χ3n) is 6.18. The molecule has 1 fully saturated rings. The second-order valence-electron chi connectivity index (χ2n) is 8.58. The van der Waals surface area contributed by atoms with Gasteiger partial charge < -0.3 is 14.8 Å². The van der Waals surface area contributed by atoms with Crippen molar-refractivity contribution in [3.8, 4) is 0 Å². The van der Waals surface area contributed by atoms with Crippen LogP contribution in [0.4, 0.5) is 5.69 Å². The molecule has 1 amide bonds. The maximum absolute atomic E-state index is 12.7. The average Bonchev–Trinajstić information content (AvgIpc) is 3.24. The molecule has 3 aromatic rings. The Morgan fingerprint density at radius 3 is 2.78 bits per heavy atom. The summed E-state index contributed by atoms with van der Waals surface area (Å²) in [6.45, 7) is 6.96. The van der Waals surface area contributed by atoms with Gasteiger partial charge in [-0.05, 0) is 55.8 Å². The van der Waals surface area contributed by atoms with E-state index in [4.69, 9.17) is 0 Å². The van der Waals surface area contributed by atoms with Crippen LogP contribution < -0.4 is 16.1 Å². The van der Waals surface area contributed by atoms with E-state index in [0.717, 1.165) is 32.5 Å². The fourth-order valence-corrected chi connectivity index (χ4v) is 5.23. The summed E-state index contributed by atoms with van der Waals surface area (Å²) in [7, 11) is 0. The van der Waals surface area contributed by atoms with Gasteiger partial charge >= 0.3 is 5.69 Å². The number of amides is 1. The third-order valence-corrected chi connectivity index (χ3v) is 7.08. The smallest absolute Gasteiger partial charge is 0.328 e. The van der Waals surface area contributed by atoms with E-state index in [1.54, 1.807) is 11.4 Å². The van der Waals surface area contributed by atoms with Crippen molar-refractivity contribution in [1.29, 1.82) is 0 Å². The van der Waals surface area contributed by atoms with Crippen molar-refractivity contribution in [2.75, 3.05) is 24.5 Å². The Hall–Kier alpha value is -2.87. The zero-order chi connectivity index (χ0) is 22.7. The van der Waals surface area contributed by atoms with Crippen molar-refractivity contribution < 1.29 is 4.79 Å². The molecular formula is C24H30N4O3S. The van der Waals surface area contributed by atoms with Gasteiger partial charge in [-0.2, -0.15) is 0 Å². The molecule has 1 saturated heterocycles. The van der Waals surface area contributed by atoms with Crippen molar-refractivity contribution in [2.45, 2.75) is 52.1 Å². The lowest BCUT2D eigenvalue weighted by atomic mass is 10.1. The number of hydrogen-bond donors (Lipinski definition) is 1. The van der Waals surface area contributed by atoms with Gasteiger partial charge in [0.1, 0.15) is 4.70 Å². The highest BCUT2D eigenvalue weighted by molar-refractivity contribution is 7.17. The van der Waals surface area contributed by atoms with E-state index >= 15 is 0 Å². The normalized spacial score (nSPS) is 16.6. The quantitative estimate of drug-likeness (QED) is 0.556. The van der Waals surface area contributed by atoms with Crippen LogP contribution >= 0.6 is 11.3 Å². The summed E-state index contributed by atoms with van der Waals surface area (Å²) in [4.78, 5) is 44.4. The minimum Gasteiger partial charge on any atom is -0.365 e. The van der Waals surface area contributed by atoms with Crippen LogP contribution in [0.5, 0.6) is 0 Å². The average molecular weight is 455 g/mol. The second-order valence-corrected chi connectivity index (χ2v) is 9.50. The van der Waals surface area contributed by atoms with Crippen molar-refractivity contribution in [3.63, 3.8) is 0 Å². The first kappa shape index (κ1) is 22.3. The number of hydrogen-bond acceptors (Lipinski definition) is 5. The lowest BCUT2D eigenvalue weighted by Gasteiger charge is -2.41. The molecule has 1 aliphatic rings. The van der Waals surface area contributed by atoms with Crippen LogP contribution in [0, 0.1) is 6.92 Å². The number of rotatable bonds is 7. The Kier molecular flexibility index (Phi) is 6.79. The van der Waals surface area contributed by atoms with Gasteiger partial charge in [0, 0.05) is 44.3 Å². The second kappa shape index (κ2) is 9.73. The molecule has 0 bridgehead atoms. The van der Waals surface area contributed by atoms with Crippen molar-refractivity contribution in [3.05, 3.63) is 62.1 Å². The van der Waals surface area contributed by atoms with Crippen LogP contribution in [-0.4, -0.2) is 46.0 Å². The first-order chi connectivity index (χ1) is 15.4. The number of nitrogens with zero attached hydrogens (tertiary/aromatic N) is 3. The molecule has 7 nitrogen and oxygen atoms in total. The maximum atomic E-state index is 12.7. The van der Waals surface area contributed by atoms with Gasteiger partial charge in [0.15, 0.2) is 0 Å². The summed E-state index contributed by atoms with van der Waals surface area (Å²) in [5.74, 6) is 0.191. The minimum absolute atomic E-state index is 0.191. The lowest BCUT2D eigenvalue weighted by molar-refractivity contribution is -0.132. The summed E-state index contributed by atoms with van der Waals surface area (Å²) in [6, 6.07) is 10.5. The molecule has 170 valence electrons. The molecule has 1 aromatic carbocycles. The number of H-pyrrole nitrogens is 1. The highest BCUT2D eigenvalue weighted by atomic mass is 32.1. The number of carbonyl (C=O) groups excluding carboxylic acids is 1. The van der Waals surface area contributed by atoms with Crippen LogP contribution in [-0.2, 0) is 11.3 Å². The molecule has 1 N–H and O–H groups in total. The van der Waals surface area contributed by atoms with Gasteiger partial charge in [0.05, 0.1) is 5.52 Å². The number of carbonyl (C=O) groups is 1. The van der Waals surface area contributed by atoms with E-state index in [9.17, 15) is 14.4 Å². The van der Waals surface area contributed by atoms with E-state index in [0.29, 0.717) is 29.6 Å². The van der Waals surface area contributed by atoms with Crippen LogP contribution in [0.1, 0.15) is 38.2 Å². The summed E-state index contributed by atoms with van der Waals surface area (Å²) in [5, 5.41) is 1.81. The van der Waals surface area contributed by atoms with Crippen LogP contribution in [0.15, 0.2) is 45.3 Å². The molecular weight excluding hydrogens is 424 g/mol. The predicted molar refractivity (Wildman–Crippen MR) is 130 cm³/mol. The SMILES string of the molecule is Cc1cccc(N2CCN(C(=O)CCCCCn3c(=O)[nH]c4ccsc4c3=O)CC2C)c1. The van der Waals surface area contributed by atoms with Crippen molar-refractivity contribution >= 4 is 33.1 Å². The first-order valence-corrected chi connectivity index (χ1v) is 12.1. The zero-order valence-corrected chi connectivity index (χ0v) is 19.5. The molecule has 1 aliphatic heterocycles. The summed E-state index contributed by atoms with van der Waals surface area (Å²) in [6.07, 6.45) is 2.77.